The van der Waals surface area contributed by atoms with Gasteiger partial charge in [0.2, 0.25) is 0 Å². The first-order chi connectivity index (χ1) is 7.77. The van der Waals surface area contributed by atoms with Gasteiger partial charge in [-0.3, -0.25) is 4.98 Å². The van der Waals surface area contributed by atoms with E-state index in [-0.39, 0.29) is 6.04 Å². The average Bonchev–Trinajstić information content (AvgIpc) is 2.83. The highest BCUT2D eigenvalue weighted by Gasteiger charge is 2.12. The zero-order chi connectivity index (χ0) is 11.4. The molecule has 2 rings (SSSR count). The second-order valence-corrected chi connectivity index (χ2v) is 4.69. The Hall–Kier alpha value is -1.26. The predicted molar refractivity (Wildman–Crippen MR) is 66.3 cm³/mol. The fourth-order valence-corrected chi connectivity index (χ4v) is 2.30. The van der Waals surface area contributed by atoms with Crippen LogP contribution >= 0.6 is 11.3 Å². The molecule has 4 heteroatoms. The number of aromatic nitrogens is 2. The summed E-state index contributed by atoms with van der Waals surface area (Å²) in [4.78, 5) is 8.33. The molecule has 0 fully saturated rings. The van der Waals surface area contributed by atoms with Gasteiger partial charge >= 0.3 is 0 Å². The molecule has 2 aromatic rings. The molecule has 0 aromatic carbocycles. The van der Waals surface area contributed by atoms with Gasteiger partial charge in [0, 0.05) is 30.0 Å². The van der Waals surface area contributed by atoms with Crippen molar-refractivity contribution in [3.8, 4) is 0 Å². The summed E-state index contributed by atoms with van der Waals surface area (Å²) in [7, 11) is 0. The SMILES string of the molecule is CC(N[C@H](C)c1ccncc1)c1nccs1. The van der Waals surface area contributed by atoms with Crippen LogP contribution in [0, 0.1) is 0 Å². The van der Waals surface area contributed by atoms with E-state index in [1.807, 2.05) is 36.1 Å². The number of hydrogen-bond acceptors (Lipinski definition) is 4. The van der Waals surface area contributed by atoms with Crippen LogP contribution in [0.1, 0.15) is 36.5 Å². The molecule has 1 N–H and O–H groups in total. The average molecular weight is 233 g/mol. The van der Waals surface area contributed by atoms with Crippen LogP contribution in [0.2, 0.25) is 0 Å². The Labute approximate surface area is 99.6 Å². The van der Waals surface area contributed by atoms with E-state index >= 15 is 0 Å². The van der Waals surface area contributed by atoms with Gasteiger partial charge in [-0.25, -0.2) is 4.98 Å². The van der Waals surface area contributed by atoms with E-state index in [1.54, 1.807) is 11.3 Å². The van der Waals surface area contributed by atoms with Crippen LogP contribution in [0.4, 0.5) is 0 Å². The van der Waals surface area contributed by atoms with E-state index < -0.39 is 0 Å². The summed E-state index contributed by atoms with van der Waals surface area (Å²) in [5.74, 6) is 0. The Morgan fingerprint density at radius 2 is 1.88 bits per heavy atom. The molecule has 0 spiro atoms. The minimum Gasteiger partial charge on any atom is -0.302 e. The summed E-state index contributed by atoms with van der Waals surface area (Å²) in [5.41, 5.74) is 1.25. The molecule has 0 saturated carbocycles. The Morgan fingerprint density at radius 1 is 1.12 bits per heavy atom. The van der Waals surface area contributed by atoms with Crippen molar-refractivity contribution < 1.29 is 0 Å². The molecule has 2 aromatic heterocycles. The van der Waals surface area contributed by atoms with E-state index in [9.17, 15) is 0 Å². The number of thiazole rings is 1. The van der Waals surface area contributed by atoms with E-state index in [1.165, 1.54) is 5.56 Å². The van der Waals surface area contributed by atoms with Crippen molar-refractivity contribution in [1.29, 1.82) is 0 Å². The Bertz CT molecular complexity index is 413. The lowest BCUT2D eigenvalue weighted by Crippen LogP contribution is -2.22. The van der Waals surface area contributed by atoms with E-state index in [0.29, 0.717) is 6.04 Å². The van der Waals surface area contributed by atoms with Gasteiger partial charge in [-0.05, 0) is 31.5 Å². The van der Waals surface area contributed by atoms with E-state index in [0.717, 1.165) is 5.01 Å². The second kappa shape index (κ2) is 5.18. The fourth-order valence-electron chi connectivity index (χ4n) is 1.64. The van der Waals surface area contributed by atoms with Gasteiger partial charge in [-0.1, -0.05) is 0 Å². The number of nitrogens with zero attached hydrogens (tertiary/aromatic N) is 2. The molecule has 2 atom stereocenters. The molecule has 0 radical (unpaired) electrons. The van der Waals surface area contributed by atoms with Crippen LogP contribution in [0.5, 0.6) is 0 Å². The smallest absolute Gasteiger partial charge is 0.109 e. The highest BCUT2D eigenvalue weighted by Crippen LogP contribution is 2.20. The van der Waals surface area contributed by atoms with Crippen LogP contribution in [0.15, 0.2) is 36.1 Å². The summed E-state index contributed by atoms with van der Waals surface area (Å²) < 4.78 is 0. The van der Waals surface area contributed by atoms with Crippen LogP contribution in [-0.4, -0.2) is 9.97 Å². The molecule has 0 saturated heterocycles. The standard InChI is InChI=1S/C12H15N3S/c1-9(11-3-5-13-6-4-11)15-10(2)12-14-7-8-16-12/h3-10,15H,1-2H3/t9-,10?/m1/s1. The zero-order valence-electron chi connectivity index (χ0n) is 9.42. The van der Waals surface area contributed by atoms with E-state index in [2.05, 4.69) is 29.1 Å². The molecule has 84 valence electrons. The van der Waals surface area contributed by atoms with Gasteiger partial charge < -0.3 is 5.32 Å². The fraction of sp³-hybridized carbons (Fsp3) is 0.333. The maximum atomic E-state index is 4.31. The zero-order valence-corrected chi connectivity index (χ0v) is 10.2. The maximum Gasteiger partial charge on any atom is 0.109 e. The van der Waals surface area contributed by atoms with Crippen molar-refractivity contribution >= 4 is 11.3 Å². The van der Waals surface area contributed by atoms with Gasteiger partial charge in [-0.15, -0.1) is 11.3 Å². The van der Waals surface area contributed by atoms with Crippen molar-refractivity contribution in [2.24, 2.45) is 0 Å². The van der Waals surface area contributed by atoms with Crippen molar-refractivity contribution in [2.45, 2.75) is 25.9 Å². The van der Waals surface area contributed by atoms with Gasteiger partial charge in [0.05, 0.1) is 6.04 Å². The molecular weight excluding hydrogens is 218 g/mol. The summed E-state index contributed by atoms with van der Waals surface area (Å²) in [5, 5.41) is 6.65. The van der Waals surface area contributed by atoms with Gasteiger partial charge in [0.25, 0.3) is 0 Å². The van der Waals surface area contributed by atoms with E-state index in [4.69, 9.17) is 0 Å². The third-order valence-corrected chi connectivity index (χ3v) is 3.49. The third-order valence-electron chi connectivity index (χ3n) is 2.53. The Morgan fingerprint density at radius 3 is 2.50 bits per heavy atom. The van der Waals surface area contributed by atoms with Crippen LogP contribution in [0.3, 0.4) is 0 Å². The van der Waals surface area contributed by atoms with Crippen molar-refractivity contribution in [3.05, 3.63) is 46.7 Å². The largest absolute Gasteiger partial charge is 0.302 e. The van der Waals surface area contributed by atoms with Crippen molar-refractivity contribution in [3.63, 3.8) is 0 Å². The van der Waals surface area contributed by atoms with Crippen molar-refractivity contribution in [1.82, 2.24) is 15.3 Å². The summed E-state index contributed by atoms with van der Waals surface area (Å²) in [6, 6.07) is 4.66. The van der Waals surface area contributed by atoms with Crippen LogP contribution < -0.4 is 5.32 Å². The number of nitrogens with one attached hydrogen (secondary N) is 1. The lowest BCUT2D eigenvalue weighted by Gasteiger charge is -2.18. The summed E-state index contributed by atoms with van der Waals surface area (Å²) in [6.07, 6.45) is 5.48. The first kappa shape index (κ1) is 11.2. The lowest BCUT2D eigenvalue weighted by atomic mass is 10.1. The topological polar surface area (TPSA) is 37.8 Å². The maximum absolute atomic E-state index is 4.31. The summed E-state index contributed by atoms with van der Waals surface area (Å²) >= 11 is 1.68. The van der Waals surface area contributed by atoms with Crippen molar-refractivity contribution in [2.75, 3.05) is 0 Å². The quantitative estimate of drug-likeness (QED) is 0.882. The first-order valence-electron chi connectivity index (χ1n) is 5.32. The van der Waals surface area contributed by atoms with Crippen LogP contribution in [-0.2, 0) is 0 Å². The normalized spacial score (nSPS) is 14.6. The first-order valence-corrected chi connectivity index (χ1v) is 6.20. The number of hydrogen-bond donors (Lipinski definition) is 1. The van der Waals surface area contributed by atoms with Gasteiger partial charge in [0.15, 0.2) is 0 Å². The Balaban J connectivity index is 2.00. The highest BCUT2D eigenvalue weighted by molar-refractivity contribution is 7.09. The summed E-state index contributed by atoms with van der Waals surface area (Å²) in [6.45, 7) is 4.29. The Kier molecular flexibility index (Phi) is 3.64. The monoisotopic (exact) mass is 233 g/mol. The van der Waals surface area contributed by atoms with Gasteiger partial charge in [-0.2, -0.15) is 0 Å². The minimum absolute atomic E-state index is 0.281. The second-order valence-electron chi connectivity index (χ2n) is 3.76. The van der Waals surface area contributed by atoms with Crippen LogP contribution in [0.25, 0.3) is 0 Å². The highest BCUT2D eigenvalue weighted by atomic mass is 32.1. The molecule has 0 aliphatic rings. The molecule has 3 nitrogen and oxygen atoms in total. The minimum atomic E-state index is 0.281. The number of rotatable bonds is 4. The molecule has 2 heterocycles. The predicted octanol–water partition coefficient (Wildman–Crippen LogP) is 2.95. The van der Waals surface area contributed by atoms with Gasteiger partial charge in [0.1, 0.15) is 5.01 Å². The molecule has 0 aliphatic heterocycles. The molecular formula is C12H15N3S. The number of pyridine rings is 1. The molecule has 0 bridgehead atoms. The molecule has 0 aliphatic carbocycles. The lowest BCUT2D eigenvalue weighted by molar-refractivity contribution is 0.493. The third kappa shape index (κ3) is 2.65. The molecule has 16 heavy (non-hydrogen) atoms. The molecule has 0 amide bonds. The molecule has 1 unspecified atom stereocenters.